The smallest absolute Gasteiger partial charge is 0.305 e. The van der Waals surface area contributed by atoms with Crippen molar-refractivity contribution >= 4 is 34.7 Å². The van der Waals surface area contributed by atoms with Crippen LogP contribution < -0.4 is 15.8 Å². The van der Waals surface area contributed by atoms with E-state index >= 15 is 0 Å². The topological polar surface area (TPSA) is 117 Å². The molecule has 1 amide bonds. The lowest BCUT2D eigenvalue weighted by atomic mass is 9.64. The van der Waals surface area contributed by atoms with Crippen molar-refractivity contribution in [2.45, 2.75) is 52.5 Å². The molecule has 0 spiro atoms. The van der Waals surface area contributed by atoms with E-state index in [1.807, 2.05) is 37.3 Å². The number of amides is 1. The van der Waals surface area contributed by atoms with Gasteiger partial charge in [-0.3, -0.25) is 23.9 Å². The van der Waals surface area contributed by atoms with Crippen LogP contribution in [-0.4, -0.2) is 45.1 Å². The van der Waals surface area contributed by atoms with E-state index in [0.717, 1.165) is 18.4 Å². The number of nitrogens with one attached hydrogen (secondary N) is 1. The average Bonchev–Trinajstić information content (AvgIpc) is 2.84. The monoisotopic (exact) mass is 491 g/mol. The van der Waals surface area contributed by atoms with Crippen molar-refractivity contribution in [3.63, 3.8) is 0 Å². The number of carbonyl (C=O) groups is 2. The molecule has 1 fully saturated rings. The van der Waals surface area contributed by atoms with Gasteiger partial charge in [-0.2, -0.15) is 0 Å². The summed E-state index contributed by atoms with van der Waals surface area (Å²) in [5.41, 5.74) is 1.60. The lowest BCUT2D eigenvalue weighted by molar-refractivity contribution is -0.136. The minimum absolute atomic E-state index is 0.0186. The zero-order chi connectivity index (χ0) is 26.0. The van der Waals surface area contributed by atoms with E-state index in [2.05, 4.69) is 24.1 Å². The number of aromatic nitrogens is 3. The molecule has 0 bridgehead atoms. The Morgan fingerprint density at radius 2 is 1.86 bits per heavy atom. The Morgan fingerprint density at radius 3 is 2.47 bits per heavy atom. The van der Waals surface area contributed by atoms with Crippen LogP contribution in [0.2, 0.25) is 0 Å². The molecule has 9 heteroatoms. The normalized spacial score (nSPS) is 15.8. The van der Waals surface area contributed by atoms with Crippen LogP contribution in [0.5, 0.6) is 0 Å². The van der Waals surface area contributed by atoms with Gasteiger partial charge in [0.15, 0.2) is 11.5 Å². The second-order valence-electron chi connectivity index (χ2n) is 10.2. The van der Waals surface area contributed by atoms with E-state index < -0.39 is 5.97 Å². The van der Waals surface area contributed by atoms with Crippen molar-refractivity contribution in [1.82, 2.24) is 14.5 Å². The van der Waals surface area contributed by atoms with Gasteiger partial charge in [0.25, 0.3) is 5.56 Å². The highest BCUT2D eigenvalue weighted by molar-refractivity contribution is 5.95. The highest BCUT2D eigenvalue weighted by Crippen LogP contribution is 2.45. The molecule has 4 rings (SSSR count). The van der Waals surface area contributed by atoms with Crippen LogP contribution in [0.4, 0.5) is 11.6 Å². The van der Waals surface area contributed by atoms with Crippen LogP contribution in [0.1, 0.15) is 58.1 Å². The molecular formula is C27H33N5O4. The van der Waals surface area contributed by atoms with E-state index in [4.69, 9.17) is 10.1 Å². The summed E-state index contributed by atoms with van der Waals surface area (Å²) in [7, 11) is 1.72. The predicted octanol–water partition coefficient (Wildman–Crippen LogP) is 4.08. The van der Waals surface area contributed by atoms with Gasteiger partial charge in [-0.15, -0.1) is 0 Å². The number of pyridine rings is 1. The summed E-state index contributed by atoms with van der Waals surface area (Å²) in [6.07, 6.45) is 2.16. The maximum absolute atomic E-state index is 13.7. The van der Waals surface area contributed by atoms with Gasteiger partial charge in [-0.1, -0.05) is 51.1 Å². The fraction of sp³-hybridized carbons (Fsp3) is 0.444. The molecule has 2 aromatic heterocycles. The molecule has 0 unspecified atom stereocenters. The van der Waals surface area contributed by atoms with Gasteiger partial charge < -0.3 is 10.4 Å². The van der Waals surface area contributed by atoms with Gasteiger partial charge in [0.05, 0.1) is 12.5 Å². The molecule has 0 aliphatic heterocycles. The van der Waals surface area contributed by atoms with Crippen molar-refractivity contribution in [3.05, 3.63) is 58.4 Å². The molecule has 2 N–H and O–H groups in total. The van der Waals surface area contributed by atoms with E-state index in [1.165, 1.54) is 0 Å². The molecule has 1 aliphatic rings. The number of carbonyl (C=O) groups excluding carboxylic acids is 1. The summed E-state index contributed by atoms with van der Waals surface area (Å²) in [5.74, 6) is -0.440. The average molecular weight is 492 g/mol. The first-order valence-electron chi connectivity index (χ1n) is 12.3. The van der Waals surface area contributed by atoms with E-state index in [-0.39, 0.29) is 47.6 Å². The fourth-order valence-electron chi connectivity index (χ4n) is 5.03. The van der Waals surface area contributed by atoms with Crippen molar-refractivity contribution < 1.29 is 14.7 Å². The maximum atomic E-state index is 13.7. The molecular weight excluding hydrogens is 458 g/mol. The molecule has 0 saturated heterocycles. The van der Waals surface area contributed by atoms with E-state index in [1.54, 1.807) is 28.6 Å². The van der Waals surface area contributed by atoms with Gasteiger partial charge in [-0.25, -0.2) is 9.97 Å². The third-order valence-corrected chi connectivity index (χ3v) is 6.86. The highest BCUT2D eigenvalue weighted by Gasteiger charge is 2.41. The Hall–Kier alpha value is -3.75. The number of hydrogen-bond acceptors (Lipinski definition) is 6. The molecule has 1 saturated carbocycles. The Balaban J connectivity index is 1.80. The van der Waals surface area contributed by atoms with Crippen LogP contribution in [0.15, 0.2) is 47.3 Å². The molecule has 190 valence electrons. The standard InChI is InChI=1S/C27H33N5O4/c1-5-20(17-9-7-6-8-10-17)32-24-19(29-23(26(32)36)28-14-13-22(33)34)11-12-21(30-24)31(4)25(35)18-15-27(2,3)16-18/h6-12,18,20H,5,13-16H2,1-4H3,(H,28,29)(H,33,34)/t20-/m0/s1. The van der Waals surface area contributed by atoms with Gasteiger partial charge in [0.1, 0.15) is 11.3 Å². The fourth-order valence-corrected chi connectivity index (χ4v) is 5.03. The Labute approximate surface area is 210 Å². The summed E-state index contributed by atoms with van der Waals surface area (Å²) in [5, 5.41) is 11.9. The summed E-state index contributed by atoms with van der Waals surface area (Å²) < 4.78 is 1.61. The lowest BCUT2D eigenvalue weighted by Gasteiger charge is -2.42. The number of anilines is 2. The van der Waals surface area contributed by atoms with Crippen molar-refractivity contribution in [1.29, 1.82) is 0 Å². The second-order valence-corrected chi connectivity index (χ2v) is 10.2. The molecule has 0 radical (unpaired) electrons. The number of rotatable bonds is 9. The van der Waals surface area contributed by atoms with E-state index in [9.17, 15) is 14.4 Å². The first-order valence-corrected chi connectivity index (χ1v) is 12.3. The Morgan fingerprint density at radius 1 is 1.17 bits per heavy atom. The van der Waals surface area contributed by atoms with Gasteiger partial charge in [-0.05, 0) is 42.4 Å². The highest BCUT2D eigenvalue weighted by atomic mass is 16.4. The number of fused-ring (bicyclic) bond motifs is 1. The Bertz CT molecular complexity index is 1330. The second kappa shape index (κ2) is 10.1. The minimum atomic E-state index is -0.965. The third kappa shape index (κ3) is 5.10. The summed E-state index contributed by atoms with van der Waals surface area (Å²) in [6, 6.07) is 12.8. The van der Waals surface area contributed by atoms with Crippen molar-refractivity contribution in [3.8, 4) is 0 Å². The minimum Gasteiger partial charge on any atom is -0.481 e. The number of carboxylic acids is 1. The maximum Gasteiger partial charge on any atom is 0.305 e. The molecule has 36 heavy (non-hydrogen) atoms. The first kappa shape index (κ1) is 25.3. The zero-order valence-corrected chi connectivity index (χ0v) is 21.2. The molecule has 9 nitrogen and oxygen atoms in total. The van der Waals surface area contributed by atoms with Gasteiger partial charge in [0.2, 0.25) is 5.91 Å². The molecule has 1 aromatic carbocycles. The number of aliphatic carboxylic acids is 1. The van der Waals surface area contributed by atoms with Crippen LogP contribution >= 0.6 is 0 Å². The van der Waals surface area contributed by atoms with Crippen LogP contribution in [-0.2, 0) is 9.59 Å². The van der Waals surface area contributed by atoms with Gasteiger partial charge in [0, 0.05) is 19.5 Å². The molecule has 1 atom stereocenters. The lowest BCUT2D eigenvalue weighted by Crippen LogP contribution is -2.43. The van der Waals surface area contributed by atoms with Gasteiger partial charge >= 0.3 is 5.97 Å². The van der Waals surface area contributed by atoms with E-state index in [0.29, 0.717) is 23.4 Å². The van der Waals surface area contributed by atoms with Crippen LogP contribution in [0.25, 0.3) is 11.2 Å². The predicted molar refractivity (Wildman–Crippen MR) is 139 cm³/mol. The number of hydrogen-bond donors (Lipinski definition) is 2. The number of nitrogens with zero attached hydrogens (tertiary/aromatic N) is 4. The largest absolute Gasteiger partial charge is 0.481 e. The third-order valence-electron chi connectivity index (χ3n) is 6.86. The van der Waals surface area contributed by atoms with Crippen molar-refractivity contribution in [2.24, 2.45) is 11.3 Å². The van der Waals surface area contributed by atoms with Crippen molar-refractivity contribution in [2.75, 3.05) is 23.8 Å². The SMILES string of the molecule is CC[C@@H](c1ccccc1)n1c(=O)c(NCCC(=O)O)nc2ccc(N(C)C(=O)C3CC(C)(C)C3)nc21. The first-order chi connectivity index (χ1) is 17.1. The summed E-state index contributed by atoms with van der Waals surface area (Å²) in [4.78, 5) is 48.5. The summed E-state index contributed by atoms with van der Waals surface area (Å²) >= 11 is 0. The number of benzene rings is 1. The zero-order valence-electron chi connectivity index (χ0n) is 21.2. The quantitative estimate of drug-likeness (QED) is 0.463. The molecule has 2 heterocycles. The molecule has 3 aromatic rings. The van der Waals surface area contributed by atoms with Crippen LogP contribution in [0.3, 0.4) is 0 Å². The van der Waals surface area contributed by atoms with Crippen LogP contribution in [0, 0.1) is 11.3 Å². The Kier molecular flexibility index (Phi) is 7.10. The molecule has 1 aliphatic carbocycles. The summed E-state index contributed by atoms with van der Waals surface area (Å²) in [6.45, 7) is 6.38. The number of carboxylic acid groups (broad SMARTS) is 1.